The van der Waals surface area contributed by atoms with Crippen LogP contribution in [-0.4, -0.2) is 42.4 Å². The van der Waals surface area contributed by atoms with Crippen molar-refractivity contribution in [1.29, 1.82) is 0 Å². The highest BCUT2D eigenvalue weighted by molar-refractivity contribution is 7.92. The van der Waals surface area contributed by atoms with E-state index in [0.717, 1.165) is 12.8 Å². The summed E-state index contributed by atoms with van der Waals surface area (Å²) in [5, 5.41) is 10.7. The Hall–Kier alpha value is -1.11. The van der Waals surface area contributed by atoms with Crippen molar-refractivity contribution in [3.63, 3.8) is 0 Å². The fourth-order valence-corrected chi connectivity index (χ4v) is 4.07. The predicted molar refractivity (Wildman–Crippen MR) is 70.5 cm³/mol. The van der Waals surface area contributed by atoms with Gasteiger partial charge in [-0.15, -0.1) is 0 Å². The summed E-state index contributed by atoms with van der Waals surface area (Å²) >= 11 is 0. The van der Waals surface area contributed by atoms with Crippen molar-refractivity contribution in [3.8, 4) is 0 Å². The highest BCUT2D eigenvalue weighted by Crippen LogP contribution is 2.25. The van der Waals surface area contributed by atoms with E-state index in [1.54, 1.807) is 6.92 Å². The quantitative estimate of drug-likeness (QED) is 0.719. The molecule has 0 aromatic rings. The maximum absolute atomic E-state index is 11.9. The summed E-state index contributed by atoms with van der Waals surface area (Å²) in [6.07, 6.45) is 3.86. The highest BCUT2D eigenvalue weighted by atomic mass is 32.2. The van der Waals surface area contributed by atoms with Crippen molar-refractivity contribution in [1.82, 2.24) is 5.32 Å². The van der Waals surface area contributed by atoms with Crippen LogP contribution < -0.4 is 5.32 Å². The average Bonchev–Trinajstić information content (AvgIpc) is 2.81. The molecule has 0 aromatic heterocycles. The number of amides is 1. The number of sulfone groups is 1. The van der Waals surface area contributed by atoms with Gasteiger partial charge in [0.15, 0.2) is 9.84 Å². The van der Waals surface area contributed by atoms with E-state index in [2.05, 4.69) is 5.32 Å². The molecule has 19 heavy (non-hydrogen) atoms. The third-order valence-corrected chi connectivity index (χ3v) is 5.50. The molecule has 0 aliphatic heterocycles. The Morgan fingerprint density at radius 3 is 2.37 bits per heavy atom. The van der Waals surface area contributed by atoms with E-state index in [1.165, 1.54) is 0 Å². The number of nitrogens with one attached hydrogen (secondary N) is 1. The van der Waals surface area contributed by atoms with Crippen LogP contribution in [0.2, 0.25) is 0 Å². The van der Waals surface area contributed by atoms with E-state index < -0.39 is 38.8 Å². The van der Waals surface area contributed by atoms with Crippen molar-refractivity contribution < 1.29 is 23.1 Å². The zero-order valence-corrected chi connectivity index (χ0v) is 11.9. The molecule has 110 valence electrons. The first-order valence-corrected chi connectivity index (χ1v) is 8.32. The van der Waals surface area contributed by atoms with E-state index in [4.69, 9.17) is 5.11 Å². The molecule has 1 rings (SSSR count). The molecular weight excluding hydrogens is 270 g/mol. The van der Waals surface area contributed by atoms with E-state index in [9.17, 15) is 18.0 Å². The second-order valence-corrected chi connectivity index (χ2v) is 7.24. The maximum Gasteiger partial charge on any atom is 0.326 e. The largest absolute Gasteiger partial charge is 0.480 e. The van der Waals surface area contributed by atoms with Crippen LogP contribution in [0.3, 0.4) is 0 Å². The molecule has 0 aromatic carbocycles. The molecule has 0 heterocycles. The van der Waals surface area contributed by atoms with Crippen molar-refractivity contribution in [2.75, 3.05) is 5.75 Å². The Balaban J connectivity index is 2.56. The molecule has 0 radical (unpaired) electrons. The van der Waals surface area contributed by atoms with Crippen LogP contribution in [0.25, 0.3) is 0 Å². The predicted octanol–water partition coefficient (Wildman–Crippen LogP) is 0.713. The van der Waals surface area contributed by atoms with E-state index in [-0.39, 0.29) is 0 Å². The summed E-state index contributed by atoms with van der Waals surface area (Å²) < 4.78 is 23.9. The third-order valence-electron chi connectivity index (χ3n) is 3.35. The van der Waals surface area contributed by atoms with Gasteiger partial charge in [0.1, 0.15) is 11.8 Å². The molecule has 7 heteroatoms. The monoisotopic (exact) mass is 291 g/mol. The van der Waals surface area contributed by atoms with Gasteiger partial charge in [-0.3, -0.25) is 4.79 Å². The van der Waals surface area contributed by atoms with Crippen LogP contribution >= 0.6 is 0 Å². The second-order valence-electron chi connectivity index (χ2n) is 4.96. The van der Waals surface area contributed by atoms with Gasteiger partial charge in [0.05, 0.1) is 5.25 Å². The van der Waals surface area contributed by atoms with Gasteiger partial charge < -0.3 is 10.4 Å². The molecule has 1 aliphatic rings. The van der Waals surface area contributed by atoms with Gasteiger partial charge >= 0.3 is 5.97 Å². The Morgan fingerprint density at radius 1 is 1.32 bits per heavy atom. The smallest absolute Gasteiger partial charge is 0.326 e. The number of rotatable bonds is 7. The molecular formula is C12H21NO5S. The van der Waals surface area contributed by atoms with Crippen LogP contribution in [-0.2, 0) is 19.4 Å². The standard InChI is InChI=1S/C12H21NO5S/c1-2-5-10(12(15)16)13-11(14)8-19(17,18)9-6-3-4-7-9/h9-10H,2-8H2,1H3,(H,13,14)(H,15,16). The number of aliphatic carboxylic acids is 1. The summed E-state index contributed by atoms with van der Waals surface area (Å²) in [7, 11) is -3.45. The summed E-state index contributed by atoms with van der Waals surface area (Å²) in [5.41, 5.74) is 0. The molecule has 1 fully saturated rings. The van der Waals surface area contributed by atoms with Gasteiger partial charge in [0, 0.05) is 0 Å². The molecule has 1 aliphatic carbocycles. The lowest BCUT2D eigenvalue weighted by molar-refractivity contribution is -0.141. The summed E-state index contributed by atoms with van der Waals surface area (Å²) in [4.78, 5) is 22.5. The third kappa shape index (κ3) is 4.81. The van der Waals surface area contributed by atoms with Crippen molar-refractivity contribution in [2.45, 2.75) is 56.7 Å². The minimum atomic E-state index is -3.45. The number of carboxylic acid groups (broad SMARTS) is 1. The Bertz CT molecular complexity index is 425. The summed E-state index contributed by atoms with van der Waals surface area (Å²) in [6.45, 7) is 1.80. The zero-order chi connectivity index (χ0) is 14.5. The van der Waals surface area contributed by atoms with Gasteiger partial charge in [-0.05, 0) is 19.3 Å². The first-order valence-electron chi connectivity index (χ1n) is 6.60. The number of carbonyl (C=O) groups excluding carboxylic acids is 1. The molecule has 6 nitrogen and oxygen atoms in total. The SMILES string of the molecule is CCCC(NC(=O)CS(=O)(=O)C1CCCC1)C(=O)O. The molecule has 0 spiro atoms. The van der Waals surface area contributed by atoms with Crippen LogP contribution in [0.4, 0.5) is 0 Å². The number of carboxylic acids is 1. The second kappa shape index (κ2) is 6.88. The average molecular weight is 291 g/mol. The van der Waals surface area contributed by atoms with Crippen LogP contribution in [0.1, 0.15) is 45.4 Å². The lowest BCUT2D eigenvalue weighted by Crippen LogP contribution is -2.44. The fraction of sp³-hybridized carbons (Fsp3) is 0.833. The minimum absolute atomic E-state index is 0.296. The van der Waals surface area contributed by atoms with Gasteiger partial charge in [-0.25, -0.2) is 13.2 Å². The lowest BCUT2D eigenvalue weighted by atomic mass is 10.2. The number of hydrogen-bond acceptors (Lipinski definition) is 4. The number of hydrogen-bond donors (Lipinski definition) is 2. The molecule has 1 unspecified atom stereocenters. The van der Waals surface area contributed by atoms with E-state index in [1.807, 2.05) is 0 Å². The molecule has 1 atom stereocenters. The minimum Gasteiger partial charge on any atom is -0.480 e. The van der Waals surface area contributed by atoms with Crippen molar-refractivity contribution >= 4 is 21.7 Å². The molecule has 0 saturated heterocycles. The fourth-order valence-electron chi connectivity index (χ4n) is 2.33. The van der Waals surface area contributed by atoms with Crippen molar-refractivity contribution in [3.05, 3.63) is 0 Å². The Morgan fingerprint density at radius 2 is 1.89 bits per heavy atom. The Kier molecular flexibility index (Phi) is 5.78. The van der Waals surface area contributed by atoms with Crippen molar-refractivity contribution in [2.24, 2.45) is 0 Å². The van der Waals surface area contributed by atoms with Gasteiger partial charge in [-0.1, -0.05) is 26.2 Å². The molecule has 0 bridgehead atoms. The molecule has 1 saturated carbocycles. The normalized spacial score (nSPS) is 18.2. The first kappa shape index (κ1) is 15.9. The van der Waals surface area contributed by atoms with E-state index >= 15 is 0 Å². The zero-order valence-electron chi connectivity index (χ0n) is 11.1. The molecule has 2 N–H and O–H groups in total. The van der Waals surface area contributed by atoms with E-state index in [0.29, 0.717) is 25.7 Å². The van der Waals surface area contributed by atoms with Gasteiger partial charge in [0.2, 0.25) is 5.91 Å². The molecule has 1 amide bonds. The Labute approximate surface area is 113 Å². The van der Waals surface area contributed by atoms with Crippen LogP contribution in [0.15, 0.2) is 0 Å². The topological polar surface area (TPSA) is 101 Å². The van der Waals surface area contributed by atoms with Crippen LogP contribution in [0.5, 0.6) is 0 Å². The van der Waals surface area contributed by atoms with Gasteiger partial charge in [-0.2, -0.15) is 0 Å². The first-order chi connectivity index (χ1) is 8.86. The number of carbonyl (C=O) groups is 2. The van der Waals surface area contributed by atoms with Crippen LogP contribution in [0, 0.1) is 0 Å². The summed E-state index contributed by atoms with van der Waals surface area (Å²) in [5.74, 6) is -2.45. The lowest BCUT2D eigenvalue weighted by Gasteiger charge is -2.15. The maximum atomic E-state index is 11.9. The van der Waals surface area contributed by atoms with Gasteiger partial charge in [0.25, 0.3) is 0 Å². The summed E-state index contributed by atoms with van der Waals surface area (Å²) in [6, 6.07) is -1.00. The highest BCUT2D eigenvalue weighted by Gasteiger charge is 2.31.